The fourth-order valence-corrected chi connectivity index (χ4v) is 5.12. The van der Waals surface area contributed by atoms with Gasteiger partial charge < -0.3 is 10.8 Å². The number of anilines is 1. The molecule has 1 aromatic carbocycles. The summed E-state index contributed by atoms with van der Waals surface area (Å²) in [4.78, 5) is 12.8. The van der Waals surface area contributed by atoms with Gasteiger partial charge in [-0.2, -0.15) is 0 Å². The van der Waals surface area contributed by atoms with Gasteiger partial charge in [-0.1, -0.05) is 121 Å². The number of unbranched alkanes of at least 4 members (excludes halogenated alkanes) is 10. The number of nitrogens with one attached hydrogen (secondary N) is 1. The molecular formula is C29H51N3O2. The average Bonchev–Trinajstić information content (AvgIpc) is 2.87. The van der Waals surface area contributed by atoms with Gasteiger partial charge in [-0.15, -0.1) is 0 Å². The van der Waals surface area contributed by atoms with Gasteiger partial charge >= 0.3 is 0 Å². The van der Waals surface area contributed by atoms with Gasteiger partial charge in [-0.3, -0.25) is 15.2 Å². The molecule has 0 aliphatic heterocycles. The first kappa shape index (κ1) is 28.6. The second-order valence-electron chi connectivity index (χ2n) is 10.3. The molecule has 0 spiro atoms. The van der Waals surface area contributed by atoms with E-state index in [-0.39, 0.29) is 0 Å². The topological polar surface area (TPSA) is 78.6 Å². The molecule has 194 valence electrons. The zero-order chi connectivity index (χ0) is 24.4. The van der Waals surface area contributed by atoms with Crippen molar-refractivity contribution in [3.63, 3.8) is 0 Å². The van der Waals surface area contributed by atoms with E-state index < -0.39 is 18.1 Å². The highest BCUT2D eigenvalue weighted by molar-refractivity contribution is 5.82. The van der Waals surface area contributed by atoms with Gasteiger partial charge in [0.25, 0.3) is 5.91 Å². The molecule has 1 aliphatic carbocycles. The Bertz CT molecular complexity index is 634. The summed E-state index contributed by atoms with van der Waals surface area (Å²) in [6, 6.07) is 9.39. The summed E-state index contributed by atoms with van der Waals surface area (Å²) in [5.41, 5.74) is 10.1. The van der Waals surface area contributed by atoms with Crippen LogP contribution in [-0.2, 0) is 4.79 Å². The number of carbonyl (C=O) groups excluding carboxylic acids is 1. The lowest BCUT2D eigenvalue weighted by molar-refractivity contribution is -0.130. The average molecular weight is 474 g/mol. The zero-order valence-electron chi connectivity index (χ0n) is 21.7. The van der Waals surface area contributed by atoms with Crippen LogP contribution in [0.1, 0.15) is 116 Å². The molecule has 0 bridgehead atoms. The Hall–Kier alpha value is -1.59. The second-order valence-corrected chi connectivity index (χ2v) is 10.3. The molecule has 0 saturated heterocycles. The third-order valence-corrected chi connectivity index (χ3v) is 7.30. The Morgan fingerprint density at radius 3 is 2.09 bits per heavy atom. The number of nitrogens with two attached hydrogens (primary N) is 1. The summed E-state index contributed by atoms with van der Waals surface area (Å²) in [6.45, 7) is 3.00. The molecule has 0 heterocycles. The van der Waals surface area contributed by atoms with Crippen molar-refractivity contribution in [3.05, 3.63) is 30.3 Å². The molecule has 5 heteroatoms. The SMILES string of the molecule is CCCCCCCCCCCCCN(NC(=O)C(O)[C@H](N)CC1CCCCC1)c1ccccc1. The van der Waals surface area contributed by atoms with Gasteiger partial charge in [0, 0.05) is 12.6 Å². The summed E-state index contributed by atoms with van der Waals surface area (Å²) in [7, 11) is 0. The first-order valence-corrected chi connectivity index (χ1v) is 14.2. The van der Waals surface area contributed by atoms with Crippen LogP contribution in [0.2, 0.25) is 0 Å². The van der Waals surface area contributed by atoms with Crippen molar-refractivity contribution in [1.82, 2.24) is 5.43 Å². The molecule has 0 radical (unpaired) electrons. The van der Waals surface area contributed by atoms with Crippen LogP contribution in [0.3, 0.4) is 0 Å². The quantitative estimate of drug-likeness (QED) is 0.168. The van der Waals surface area contributed by atoms with E-state index >= 15 is 0 Å². The molecule has 34 heavy (non-hydrogen) atoms. The summed E-state index contributed by atoms with van der Waals surface area (Å²) >= 11 is 0. The van der Waals surface area contributed by atoms with Gasteiger partial charge in [0.05, 0.1) is 5.69 Å². The van der Waals surface area contributed by atoms with E-state index in [1.165, 1.54) is 77.0 Å². The van der Waals surface area contributed by atoms with E-state index in [2.05, 4.69) is 12.3 Å². The molecule has 1 fully saturated rings. The largest absolute Gasteiger partial charge is 0.382 e. The minimum absolute atomic E-state index is 0.393. The van der Waals surface area contributed by atoms with Crippen molar-refractivity contribution in [2.45, 2.75) is 128 Å². The van der Waals surface area contributed by atoms with Crippen LogP contribution in [0.4, 0.5) is 5.69 Å². The molecule has 2 rings (SSSR count). The van der Waals surface area contributed by atoms with Gasteiger partial charge in [0.1, 0.15) is 6.10 Å². The van der Waals surface area contributed by atoms with Gasteiger partial charge in [-0.25, -0.2) is 0 Å². The number of hydrazine groups is 1. The lowest BCUT2D eigenvalue weighted by Gasteiger charge is -2.30. The number of nitrogens with zero attached hydrogens (tertiary/aromatic N) is 1. The Morgan fingerprint density at radius 2 is 1.50 bits per heavy atom. The van der Waals surface area contributed by atoms with Crippen LogP contribution in [0.25, 0.3) is 0 Å². The normalized spacial score (nSPS) is 16.2. The monoisotopic (exact) mass is 473 g/mol. The van der Waals surface area contributed by atoms with Crippen LogP contribution >= 0.6 is 0 Å². The lowest BCUT2D eigenvalue weighted by Crippen LogP contribution is -2.53. The van der Waals surface area contributed by atoms with Gasteiger partial charge in [0.2, 0.25) is 0 Å². The van der Waals surface area contributed by atoms with Crippen molar-refractivity contribution >= 4 is 11.6 Å². The smallest absolute Gasteiger partial charge is 0.268 e. The first-order valence-electron chi connectivity index (χ1n) is 14.2. The van der Waals surface area contributed by atoms with E-state index in [1.807, 2.05) is 35.3 Å². The summed E-state index contributed by atoms with van der Waals surface area (Å²) in [6.07, 6.45) is 19.8. The van der Waals surface area contributed by atoms with Crippen LogP contribution in [0.5, 0.6) is 0 Å². The maximum atomic E-state index is 12.8. The van der Waals surface area contributed by atoms with Crippen molar-refractivity contribution in [2.24, 2.45) is 11.7 Å². The minimum Gasteiger partial charge on any atom is -0.382 e. The first-order chi connectivity index (χ1) is 16.6. The minimum atomic E-state index is -1.18. The zero-order valence-corrected chi connectivity index (χ0v) is 21.7. The van der Waals surface area contributed by atoms with Crippen LogP contribution in [0.15, 0.2) is 30.3 Å². The van der Waals surface area contributed by atoms with E-state index in [9.17, 15) is 9.90 Å². The summed E-state index contributed by atoms with van der Waals surface area (Å²) < 4.78 is 0. The summed E-state index contributed by atoms with van der Waals surface area (Å²) in [5.74, 6) is 0.142. The Labute approximate surface area is 208 Å². The maximum Gasteiger partial charge on any atom is 0.268 e. The number of carbonyl (C=O) groups is 1. The Balaban J connectivity index is 1.71. The third kappa shape index (κ3) is 11.7. The highest BCUT2D eigenvalue weighted by atomic mass is 16.3. The number of rotatable bonds is 18. The van der Waals surface area contributed by atoms with Crippen molar-refractivity contribution in [2.75, 3.05) is 11.6 Å². The number of aliphatic hydroxyl groups is 1. The maximum absolute atomic E-state index is 12.8. The number of hydrogen-bond acceptors (Lipinski definition) is 4. The fraction of sp³-hybridized carbons (Fsp3) is 0.759. The molecule has 5 nitrogen and oxygen atoms in total. The number of benzene rings is 1. The van der Waals surface area contributed by atoms with Crippen molar-refractivity contribution < 1.29 is 9.90 Å². The van der Waals surface area contributed by atoms with Crippen LogP contribution < -0.4 is 16.2 Å². The Morgan fingerprint density at radius 1 is 0.941 bits per heavy atom. The number of para-hydroxylation sites is 1. The fourth-order valence-electron chi connectivity index (χ4n) is 5.12. The molecule has 1 saturated carbocycles. The molecule has 1 aliphatic rings. The van der Waals surface area contributed by atoms with E-state index in [4.69, 9.17) is 5.73 Å². The van der Waals surface area contributed by atoms with E-state index in [1.54, 1.807) is 0 Å². The molecule has 1 amide bonds. The Kier molecular flexibility index (Phi) is 15.0. The number of amides is 1. The highest BCUT2D eigenvalue weighted by Crippen LogP contribution is 2.27. The van der Waals surface area contributed by atoms with Crippen molar-refractivity contribution in [3.8, 4) is 0 Å². The standard InChI is InChI=1S/C29H51N3O2/c1-2-3-4-5-6-7-8-9-10-11-18-23-32(26-21-16-13-17-22-26)31-29(34)28(33)27(30)24-25-19-14-12-15-20-25/h13,16-17,21-22,25,27-28,33H,2-12,14-15,18-20,23-24,30H2,1H3,(H,31,34)/t27-,28?/m1/s1. The molecule has 1 aromatic rings. The molecule has 4 N–H and O–H groups in total. The predicted octanol–water partition coefficient (Wildman–Crippen LogP) is 6.49. The van der Waals surface area contributed by atoms with E-state index in [0.29, 0.717) is 5.92 Å². The number of hydrogen-bond donors (Lipinski definition) is 3. The predicted molar refractivity (Wildman–Crippen MR) is 144 cm³/mol. The molecule has 0 aromatic heterocycles. The lowest BCUT2D eigenvalue weighted by atomic mass is 9.84. The third-order valence-electron chi connectivity index (χ3n) is 7.30. The molecule has 1 unspecified atom stereocenters. The second kappa shape index (κ2) is 17.8. The molecule has 2 atom stereocenters. The van der Waals surface area contributed by atoms with Crippen LogP contribution in [-0.4, -0.2) is 29.7 Å². The van der Waals surface area contributed by atoms with Gasteiger partial charge in [-0.05, 0) is 30.9 Å². The molecular weight excluding hydrogens is 422 g/mol. The van der Waals surface area contributed by atoms with Crippen molar-refractivity contribution in [1.29, 1.82) is 0 Å². The number of aliphatic hydroxyl groups excluding tert-OH is 1. The van der Waals surface area contributed by atoms with Crippen LogP contribution in [0, 0.1) is 5.92 Å². The van der Waals surface area contributed by atoms with Gasteiger partial charge in [0.15, 0.2) is 0 Å². The summed E-state index contributed by atoms with van der Waals surface area (Å²) in [5, 5.41) is 12.5. The highest BCUT2D eigenvalue weighted by Gasteiger charge is 2.27. The van der Waals surface area contributed by atoms with E-state index in [0.717, 1.165) is 44.3 Å².